The predicted octanol–water partition coefficient (Wildman–Crippen LogP) is 2.28. The maximum atomic E-state index is 12.0. The Hall–Kier alpha value is -1.36. The molecule has 20 heavy (non-hydrogen) atoms. The Labute approximate surface area is 119 Å². The monoisotopic (exact) mass is 277 g/mol. The van der Waals surface area contributed by atoms with Crippen LogP contribution in [-0.2, 0) is 17.6 Å². The van der Waals surface area contributed by atoms with Crippen molar-refractivity contribution in [2.45, 2.75) is 70.6 Å². The van der Waals surface area contributed by atoms with Gasteiger partial charge in [-0.15, -0.1) is 0 Å². The van der Waals surface area contributed by atoms with Crippen LogP contribution in [0.25, 0.3) is 0 Å². The SMILES string of the molecule is CC(C)(C)OC(=O)n1cc2c(n1)CCC(NC1CC1)C2. The fourth-order valence-electron chi connectivity index (χ4n) is 2.63. The molecule has 0 radical (unpaired) electrons. The molecule has 1 unspecified atom stereocenters. The zero-order valence-corrected chi connectivity index (χ0v) is 12.5. The van der Waals surface area contributed by atoms with Gasteiger partial charge in [0.2, 0.25) is 0 Å². The Morgan fingerprint density at radius 3 is 2.75 bits per heavy atom. The van der Waals surface area contributed by atoms with E-state index in [2.05, 4.69) is 10.4 Å². The smallest absolute Gasteiger partial charge is 0.435 e. The Morgan fingerprint density at radius 2 is 2.10 bits per heavy atom. The molecule has 5 heteroatoms. The standard InChI is InChI=1S/C15H23N3O2/c1-15(2,3)20-14(19)18-9-10-8-12(16-11-4-5-11)6-7-13(10)17-18/h9,11-12,16H,4-8H2,1-3H3. The maximum Gasteiger partial charge on any atom is 0.435 e. The van der Waals surface area contributed by atoms with Crippen molar-refractivity contribution < 1.29 is 9.53 Å². The molecule has 5 nitrogen and oxygen atoms in total. The first-order valence-electron chi connectivity index (χ1n) is 7.47. The summed E-state index contributed by atoms with van der Waals surface area (Å²) in [5.74, 6) is 0. The van der Waals surface area contributed by atoms with Crippen LogP contribution in [0.1, 0.15) is 51.3 Å². The van der Waals surface area contributed by atoms with Crippen molar-refractivity contribution in [3.63, 3.8) is 0 Å². The minimum atomic E-state index is -0.487. The third-order valence-corrected chi connectivity index (χ3v) is 3.70. The molecule has 0 aliphatic heterocycles. The van der Waals surface area contributed by atoms with Gasteiger partial charge in [0.05, 0.1) is 5.69 Å². The number of fused-ring (bicyclic) bond motifs is 1. The molecular weight excluding hydrogens is 254 g/mol. The summed E-state index contributed by atoms with van der Waals surface area (Å²) in [6.07, 6.45) is 7.07. The fourth-order valence-corrected chi connectivity index (χ4v) is 2.63. The lowest BCUT2D eigenvalue weighted by Gasteiger charge is -2.22. The zero-order chi connectivity index (χ0) is 14.3. The van der Waals surface area contributed by atoms with E-state index in [4.69, 9.17) is 4.74 Å². The summed E-state index contributed by atoms with van der Waals surface area (Å²) in [5.41, 5.74) is 1.74. The number of carbonyl (C=O) groups is 1. The van der Waals surface area contributed by atoms with Crippen molar-refractivity contribution in [1.29, 1.82) is 0 Å². The van der Waals surface area contributed by atoms with E-state index >= 15 is 0 Å². The molecule has 0 spiro atoms. The minimum Gasteiger partial charge on any atom is -0.442 e. The van der Waals surface area contributed by atoms with Crippen LogP contribution >= 0.6 is 0 Å². The molecule has 1 aromatic rings. The van der Waals surface area contributed by atoms with Crippen molar-refractivity contribution in [1.82, 2.24) is 15.1 Å². The fraction of sp³-hybridized carbons (Fsp3) is 0.733. The van der Waals surface area contributed by atoms with Crippen LogP contribution in [0.5, 0.6) is 0 Å². The van der Waals surface area contributed by atoms with Crippen LogP contribution in [0.4, 0.5) is 4.79 Å². The quantitative estimate of drug-likeness (QED) is 0.901. The average molecular weight is 277 g/mol. The lowest BCUT2D eigenvalue weighted by atomic mass is 9.93. The zero-order valence-electron chi connectivity index (χ0n) is 12.5. The summed E-state index contributed by atoms with van der Waals surface area (Å²) in [6.45, 7) is 5.59. The first-order valence-corrected chi connectivity index (χ1v) is 7.47. The second-order valence-corrected chi connectivity index (χ2v) is 6.91. The average Bonchev–Trinajstić information content (AvgIpc) is 3.03. The van der Waals surface area contributed by atoms with E-state index in [1.165, 1.54) is 23.1 Å². The minimum absolute atomic E-state index is 0.390. The van der Waals surface area contributed by atoms with Gasteiger partial charge in [-0.3, -0.25) is 0 Å². The molecule has 1 N–H and O–H groups in total. The number of aryl methyl sites for hydroxylation is 1. The summed E-state index contributed by atoms with van der Waals surface area (Å²) in [4.78, 5) is 12.0. The molecule has 2 aliphatic rings. The van der Waals surface area contributed by atoms with Crippen molar-refractivity contribution in [2.75, 3.05) is 0 Å². The van der Waals surface area contributed by atoms with Gasteiger partial charge in [-0.2, -0.15) is 9.78 Å². The molecule has 1 atom stereocenters. The van der Waals surface area contributed by atoms with E-state index in [9.17, 15) is 4.79 Å². The lowest BCUT2D eigenvalue weighted by Crippen LogP contribution is -2.35. The van der Waals surface area contributed by atoms with Crippen LogP contribution in [0.15, 0.2) is 6.20 Å². The molecule has 0 aromatic carbocycles. The van der Waals surface area contributed by atoms with Crippen LogP contribution in [0.3, 0.4) is 0 Å². The maximum absolute atomic E-state index is 12.0. The van der Waals surface area contributed by atoms with E-state index in [1.807, 2.05) is 27.0 Å². The predicted molar refractivity (Wildman–Crippen MR) is 75.8 cm³/mol. The van der Waals surface area contributed by atoms with Crippen LogP contribution < -0.4 is 5.32 Å². The number of rotatable bonds is 2. The Balaban J connectivity index is 1.67. The molecule has 0 saturated heterocycles. The second-order valence-electron chi connectivity index (χ2n) is 6.91. The highest BCUT2D eigenvalue weighted by molar-refractivity contribution is 5.70. The number of carbonyl (C=O) groups excluding carboxylic acids is 1. The number of nitrogens with zero attached hydrogens (tertiary/aromatic N) is 2. The van der Waals surface area contributed by atoms with Crippen LogP contribution in [0, 0.1) is 0 Å². The number of ether oxygens (including phenoxy) is 1. The molecule has 0 bridgehead atoms. The Bertz CT molecular complexity index is 512. The summed E-state index contributed by atoms with van der Waals surface area (Å²) in [5, 5.41) is 8.04. The van der Waals surface area contributed by atoms with Crippen molar-refractivity contribution >= 4 is 6.09 Å². The molecule has 3 rings (SSSR count). The summed E-state index contributed by atoms with van der Waals surface area (Å²) in [6, 6.07) is 1.26. The molecule has 2 aliphatic carbocycles. The topological polar surface area (TPSA) is 56.2 Å². The second kappa shape index (κ2) is 4.88. The van der Waals surface area contributed by atoms with E-state index in [0.29, 0.717) is 6.04 Å². The van der Waals surface area contributed by atoms with Gasteiger partial charge in [-0.25, -0.2) is 4.79 Å². The van der Waals surface area contributed by atoms with Crippen molar-refractivity contribution in [2.24, 2.45) is 0 Å². The number of hydrogen-bond donors (Lipinski definition) is 1. The first-order chi connectivity index (χ1) is 9.40. The van der Waals surface area contributed by atoms with Gasteiger partial charge in [0.15, 0.2) is 0 Å². The lowest BCUT2D eigenvalue weighted by molar-refractivity contribution is 0.0514. The Kier molecular flexibility index (Phi) is 3.32. The van der Waals surface area contributed by atoms with E-state index in [0.717, 1.165) is 31.0 Å². The normalized spacial score (nSPS) is 22.4. The van der Waals surface area contributed by atoms with Crippen molar-refractivity contribution in [3.05, 3.63) is 17.5 Å². The molecule has 1 fully saturated rings. The highest BCUT2D eigenvalue weighted by Crippen LogP contribution is 2.25. The molecule has 110 valence electrons. The van der Waals surface area contributed by atoms with Gasteiger partial charge in [0, 0.05) is 18.3 Å². The highest BCUT2D eigenvalue weighted by atomic mass is 16.6. The van der Waals surface area contributed by atoms with Gasteiger partial charge in [-0.05, 0) is 58.4 Å². The molecular formula is C15H23N3O2. The summed E-state index contributed by atoms with van der Waals surface area (Å²) >= 11 is 0. The summed E-state index contributed by atoms with van der Waals surface area (Å²) < 4.78 is 6.71. The van der Waals surface area contributed by atoms with Gasteiger partial charge < -0.3 is 10.1 Å². The third kappa shape index (κ3) is 3.20. The molecule has 1 aromatic heterocycles. The van der Waals surface area contributed by atoms with E-state index in [-0.39, 0.29) is 0 Å². The number of aromatic nitrogens is 2. The van der Waals surface area contributed by atoms with Gasteiger partial charge >= 0.3 is 6.09 Å². The van der Waals surface area contributed by atoms with Gasteiger partial charge in [0.1, 0.15) is 5.60 Å². The summed E-state index contributed by atoms with van der Waals surface area (Å²) in [7, 11) is 0. The number of nitrogens with one attached hydrogen (secondary N) is 1. The van der Waals surface area contributed by atoms with Gasteiger partial charge in [-0.1, -0.05) is 0 Å². The van der Waals surface area contributed by atoms with E-state index in [1.54, 1.807) is 0 Å². The van der Waals surface area contributed by atoms with Gasteiger partial charge in [0.25, 0.3) is 0 Å². The highest BCUT2D eigenvalue weighted by Gasteiger charge is 2.29. The Morgan fingerprint density at radius 1 is 1.35 bits per heavy atom. The number of hydrogen-bond acceptors (Lipinski definition) is 4. The molecule has 1 heterocycles. The third-order valence-electron chi connectivity index (χ3n) is 3.70. The largest absolute Gasteiger partial charge is 0.442 e. The van der Waals surface area contributed by atoms with Crippen LogP contribution in [-0.4, -0.2) is 33.6 Å². The van der Waals surface area contributed by atoms with E-state index < -0.39 is 11.7 Å². The van der Waals surface area contributed by atoms with Crippen molar-refractivity contribution in [3.8, 4) is 0 Å². The molecule has 0 amide bonds. The first kappa shape index (κ1) is 13.6. The van der Waals surface area contributed by atoms with Crippen LogP contribution in [0.2, 0.25) is 0 Å². The molecule has 1 saturated carbocycles.